The second kappa shape index (κ2) is 7.74. The number of hydrogen-bond acceptors (Lipinski definition) is 5. The van der Waals surface area contributed by atoms with Crippen molar-refractivity contribution in [3.63, 3.8) is 0 Å². The first-order chi connectivity index (χ1) is 8.99. The molecule has 0 bridgehead atoms. The fraction of sp³-hybridized carbons (Fsp3) is 0.500. The summed E-state index contributed by atoms with van der Waals surface area (Å²) in [5.41, 5.74) is 0. The Morgan fingerprint density at radius 1 is 1.37 bits per heavy atom. The van der Waals surface area contributed by atoms with Crippen molar-refractivity contribution in [1.29, 1.82) is 0 Å². The van der Waals surface area contributed by atoms with E-state index in [4.69, 9.17) is 9.84 Å². The van der Waals surface area contributed by atoms with Crippen molar-refractivity contribution in [3.8, 4) is 5.75 Å². The number of aliphatic hydroxyl groups excluding tert-OH is 1. The predicted octanol–water partition coefficient (Wildman–Crippen LogP) is 1.09. The summed E-state index contributed by atoms with van der Waals surface area (Å²) in [6.45, 7) is 1.94. The fourth-order valence-corrected chi connectivity index (χ4v) is 3.43. The number of nitrogens with one attached hydrogen (secondary N) is 1. The quantitative estimate of drug-likeness (QED) is 0.752. The Morgan fingerprint density at radius 2 is 2.00 bits per heavy atom. The smallest absolute Gasteiger partial charge is 0.240 e. The number of aliphatic hydroxyl groups is 1. The van der Waals surface area contributed by atoms with Crippen molar-refractivity contribution >= 4 is 21.8 Å². The lowest BCUT2D eigenvalue weighted by Crippen LogP contribution is -2.34. The van der Waals surface area contributed by atoms with Gasteiger partial charge in [0.1, 0.15) is 12.4 Å². The van der Waals surface area contributed by atoms with Gasteiger partial charge in [-0.05, 0) is 37.4 Å². The van der Waals surface area contributed by atoms with E-state index in [-0.39, 0.29) is 24.2 Å². The Hall–Kier alpha value is -0.760. The van der Waals surface area contributed by atoms with E-state index in [1.807, 2.05) is 13.2 Å². The zero-order valence-electron chi connectivity index (χ0n) is 11.0. The Morgan fingerprint density at radius 3 is 2.53 bits per heavy atom. The molecule has 7 heteroatoms. The van der Waals surface area contributed by atoms with Crippen LogP contribution in [0.25, 0.3) is 0 Å². The molecule has 2 N–H and O–H groups in total. The Labute approximate surface area is 118 Å². The molecule has 19 heavy (non-hydrogen) atoms. The van der Waals surface area contributed by atoms with Crippen LogP contribution in [0.5, 0.6) is 5.75 Å². The third kappa shape index (κ3) is 5.40. The van der Waals surface area contributed by atoms with Crippen LogP contribution in [0.15, 0.2) is 29.2 Å². The normalized spacial score (nSPS) is 13.2. The molecule has 0 spiro atoms. The molecule has 1 unspecified atom stereocenters. The molecule has 1 atom stereocenters. The van der Waals surface area contributed by atoms with E-state index < -0.39 is 10.0 Å². The first-order valence-corrected chi connectivity index (χ1v) is 8.72. The van der Waals surface area contributed by atoms with E-state index in [2.05, 4.69) is 4.72 Å². The fourth-order valence-electron chi connectivity index (χ4n) is 1.50. The van der Waals surface area contributed by atoms with Crippen LogP contribution in [0.4, 0.5) is 0 Å². The van der Waals surface area contributed by atoms with Crippen molar-refractivity contribution in [2.24, 2.45) is 0 Å². The van der Waals surface area contributed by atoms with Crippen molar-refractivity contribution in [2.75, 3.05) is 25.2 Å². The van der Waals surface area contributed by atoms with Crippen molar-refractivity contribution in [2.45, 2.75) is 17.9 Å². The standard InChI is InChI=1S/C12H19NO4S2/c1-10(9-18-2)13-19(15,16)12-5-3-11(4-6-12)17-8-7-14/h3-6,10,13-14H,7-9H2,1-2H3. The van der Waals surface area contributed by atoms with Gasteiger partial charge in [0.2, 0.25) is 10.0 Å². The van der Waals surface area contributed by atoms with Crippen LogP contribution in [0, 0.1) is 0 Å². The molecule has 0 saturated heterocycles. The summed E-state index contributed by atoms with van der Waals surface area (Å²) in [6.07, 6.45) is 1.93. The summed E-state index contributed by atoms with van der Waals surface area (Å²) >= 11 is 1.59. The van der Waals surface area contributed by atoms with Crippen molar-refractivity contribution in [3.05, 3.63) is 24.3 Å². The number of benzene rings is 1. The third-order valence-corrected chi connectivity index (χ3v) is 4.71. The highest BCUT2D eigenvalue weighted by molar-refractivity contribution is 7.98. The van der Waals surface area contributed by atoms with Crippen LogP contribution in [-0.2, 0) is 10.0 Å². The average molecular weight is 305 g/mol. The number of thioether (sulfide) groups is 1. The molecule has 0 aliphatic rings. The Bertz CT molecular complexity index is 473. The van der Waals surface area contributed by atoms with Gasteiger partial charge in [-0.25, -0.2) is 13.1 Å². The second-order valence-corrected chi connectivity index (χ2v) is 6.65. The lowest BCUT2D eigenvalue weighted by Gasteiger charge is -2.13. The number of sulfonamides is 1. The minimum atomic E-state index is -3.49. The minimum Gasteiger partial charge on any atom is -0.491 e. The van der Waals surface area contributed by atoms with Gasteiger partial charge in [-0.2, -0.15) is 11.8 Å². The van der Waals surface area contributed by atoms with E-state index in [0.717, 1.165) is 5.75 Å². The SMILES string of the molecule is CSCC(C)NS(=O)(=O)c1ccc(OCCO)cc1. The number of ether oxygens (including phenoxy) is 1. The lowest BCUT2D eigenvalue weighted by molar-refractivity contribution is 0.201. The molecule has 5 nitrogen and oxygen atoms in total. The highest BCUT2D eigenvalue weighted by Crippen LogP contribution is 2.16. The molecule has 1 aromatic rings. The predicted molar refractivity (Wildman–Crippen MR) is 77.2 cm³/mol. The zero-order chi connectivity index (χ0) is 14.3. The summed E-state index contributed by atoms with van der Waals surface area (Å²) in [5, 5.41) is 8.63. The Balaban J connectivity index is 2.73. The number of hydrogen-bond donors (Lipinski definition) is 2. The molecule has 0 aromatic heterocycles. The van der Waals surface area contributed by atoms with Crippen LogP contribution >= 0.6 is 11.8 Å². The van der Waals surface area contributed by atoms with Gasteiger partial charge in [0.15, 0.2) is 0 Å². The maximum atomic E-state index is 12.0. The van der Waals surface area contributed by atoms with Gasteiger partial charge in [-0.15, -0.1) is 0 Å². The second-order valence-electron chi connectivity index (χ2n) is 4.02. The van der Waals surface area contributed by atoms with E-state index >= 15 is 0 Å². The van der Waals surface area contributed by atoms with Gasteiger partial charge >= 0.3 is 0 Å². The van der Waals surface area contributed by atoms with Gasteiger partial charge in [-0.3, -0.25) is 0 Å². The molecule has 1 rings (SSSR count). The molecular weight excluding hydrogens is 286 g/mol. The highest BCUT2D eigenvalue weighted by Gasteiger charge is 2.16. The Kier molecular flexibility index (Phi) is 6.64. The molecule has 0 aliphatic heterocycles. The first kappa shape index (κ1) is 16.3. The van der Waals surface area contributed by atoms with Gasteiger partial charge in [0, 0.05) is 11.8 Å². The van der Waals surface area contributed by atoms with Crippen LogP contribution in [-0.4, -0.2) is 44.8 Å². The molecular formula is C12H19NO4S2. The largest absolute Gasteiger partial charge is 0.491 e. The lowest BCUT2D eigenvalue weighted by atomic mass is 10.3. The third-order valence-electron chi connectivity index (χ3n) is 2.27. The summed E-state index contributed by atoms with van der Waals surface area (Å²) in [7, 11) is -3.49. The van der Waals surface area contributed by atoms with Crippen molar-refractivity contribution in [1.82, 2.24) is 4.72 Å². The molecule has 1 aromatic carbocycles. The molecule has 0 radical (unpaired) electrons. The van der Waals surface area contributed by atoms with Crippen LogP contribution < -0.4 is 9.46 Å². The van der Waals surface area contributed by atoms with Crippen molar-refractivity contribution < 1.29 is 18.3 Å². The molecule has 0 heterocycles. The molecule has 0 fully saturated rings. The average Bonchev–Trinajstić information content (AvgIpc) is 2.36. The molecule has 0 saturated carbocycles. The summed E-state index contributed by atoms with van der Waals surface area (Å²) < 4.78 is 31.9. The highest BCUT2D eigenvalue weighted by atomic mass is 32.2. The molecule has 0 aliphatic carbocycles. The van der Waals surface area contributed by atoms with Crippen LogP contribution in [0.2, 0.25) is 0 Å². The van der Waals surface area contributed by atoms with Gasteiger partial charge < -0.3 is 9.84 Å². The van der Waals surface area contributed by atoms with Crippen LogP contribution in [0.1, 0.15) is 6.92 Å². The van der Waals surface area contributed by atoms with Crippen LogP contribution in [0.3, 0.4) is 0 Å². The van der Waals surface area contributed by atoms with E-state index in [1.54, 1.807) is 23.9 Å². The summed E-state index contributed by atoms with van der Waals surface area (Å²) in [5.74, 6) is 1.25. The molecule has 108 valence electrons. The topological polar surface area (TPSA) is 75.6 Å². The monoisotopic (exact) mass is 305 g/mol. The maximum Gasteiger partial charge on any atom is 0.240 e. The number of rotatable bonds is 8. The molecule has 0 amide bonds. The van der Waals surface area contributed by atoms with E-state index in [1.165, 1.54) is 12.1 Å². The summed E-state index contributed by atoms with van der Waals surface area (Å²) in [4.78, 5) is 0.205. The van der Waals surface area contributed by atoms with Gasteiger partial charge in [0.25, 0.3) is 0 Å². The minimum absolute atomic E-state index is 0.0756. The van der Waals surface area contributed by atoms with E-state index in [0.29, 0.717) is 5.75 Å². The first-order valence-electron chi connectivity index (χ1n) is 5.84. The van der Waals surface area contributed by atoms with Gasteiger partial charge in [-0.1, -0.05) is 0 Å². The van der Waals surface area contributed by atoms with E-state index in [9.17, 15) is 8.42 Å². The maximum absolute atomic E-state index is 12.0. The zero-order valence-corrected chi connectivity index (χ0v) is 12.6. The van der Waals surface area contributed by atoms with Gasteiger partial charge in [0.05, 0.1) is 11.5 Å². The summed E-state index contributed by atoms with van der Waals surface area (Å²) in [6, 6.07) is 6.00.